The molecule has 3 heteroatoms. The standard InChI is InChI=1S/C16H32N2O/c1-19-13-6-2-5-11-17-15-9-4-3-8-14(15)16-10-7-12-18-16/h14-18H,2-13H2,1H3. The second-order valence-electron chi connectivity index (χ2n) is 6.27. The summed E-state index contributed by atoms with van der Waals surface area (Å²) in [5.41, 5.74) is 0. The van der Waals surface area contributed by atoms with Crippen LogP contribution in [-0.4, -0.2) is 38.9 Å². The van der Waals surface area contributed by atoms with Gasteiger partial charge in [-0.3, -0.25) is 0 Å². The minimum Gasteiger partial charge on any atom is -0.385 e. The van der Waals surface area contributed by atoms with Crippen molar-refractivity contribution < 1.29 is 4.74 Å². The Hall–Kier alpha value is -0.120. The first kappa shape index (κ1) is 15.3. The highest BCUT2D eigenvalue weighted by molar-refractivity contribution is 4.91. The number of hydrogen-bond donors (Lipinski definition) is 2. The van der Waals surface area contributed by atoms with Crippen molar-refractivity contribution in [2.24, 2.45) is 5.92 Å². The highest BCUT2D eigenvalue weighted by Gasteiger charge is 2.32. The van der Waals surface area contributed by atoms with Gasteiger partial charge in [-0.15, -0.1) is 0 Å². The molecule has 2 aliphatic rings. The maximum atomic E-state index is 5.09. The van der Waals surface area contributed by atoms with E-state index in [0.29, 0.717) is 0 Å². The van der Waals surface area contributed by atoms with E-state index in [1.807, 2.05) is 0 Å². The second kappa shape index (κ2) is 8.93. The Morgan fingerprint density at radius 3 is 2.74 bits per heavy atom. The van der Waals surface area contributed by atoms with Crippen molar-refractivity contribution in [1.82, 2.24) is 10.6 Å². The van der Waals surface area contributed by atoms with Crippen molar-refractivity contribution in [2.45, 2.75) is 69.9 Å². The maximum Gasteiger partial charge on any atom is 0.0462 e. The molecular formula is C16H32N2O. The summed E-state index contributed by atoms with van der Waals surface area (Å²) in [5, 5.41) is 7.56. The Bertz CT molecular complexity index is 229. The van der Waals surface area contributed by atoms with E-state index in [0.717, 1.165) is 24.6 Å². The van der Waals surface area contributed by atoms with Gasteiger partial charge in [0.25, 0.3) is 0 Å². The minimum atomic E-state index is 0.770. The van der Waals surface area contributed by atoms with Crippen LogP contribution >= 0.6 is 0 Å². The lowest BCUT2D eigenvalue weighted by atomic mass is 9.79. The van der Waals surface area contributed by atoms with Crippen molar-refractivity contribution in [1.29, 1.82) is 0 Å². The van der Waals surface area contributed by atoms with E-state index in [-0.39, 0.29) is 0 Å². The van der Waals surface area contributed by atoms with E-state index in [1.165, 1.54) is 70.9 Å². The first-order valence-electron chi connectivity index (χ1n) is 8.37. The van der Waals surface area contributed by atoms with E-state index in [1.54, 1.807) is 7.11 Å². The lowest BCUT2D eigenvalue weighted by Crippen LogP contribution is -2.47. The molecule has 0 aromatic rings. The van der Waals surface area contributed by atoms with Gasteiger partial charge in [-0.1, -0.05) is 12.8 Å². The average Bonchev–Trinajstić information content (AvgIpc) is 2.97. The van der Waals surface area contributed by atoms with Gasteiger partial charge in [0.15, 0.2) is 0 Å². The van der Waals surface area contributed by atoms with Gasteiger partial charge in [0.1, 0.15) is 0 Å². The van der Waals surface area contributed by atoms with E-state index in [9.17, 15) is 0 Å². The normalized spacial score (nSPS) is 31.7. The van der Waals surface area contributed by atoms with Gasteiger partial charge in [-0.05, 0) is 64.0 Å². The zero-order valence-electron chi connectivity index (χ0n) is 12.6. The van der Waals surface area contributed by atoms with Gasteiger partial charge in [-0.2, -0.15) is 0 Å². The number of rotatable bonds is 8. The average molecular weight is 268 g/mol. The highest BCUT2D eigenvalue weighted by Crippen LogP contribution is 2.30. The predicted molar refractivity (Wildman–Crippen MR) is 80.5 cm³/mol. The molecule has 2 rings (SSSR count). The largest absolute Gasteiger partial charge is 0.385 e. The molecule has 19 heavy (non-hydrogen) atoms. The van der Waals surface area contributed by atoms with Crippen LogP contribution in [0.1, 0.15) is 57.8 Å². The molecule has 0 aromatic carbocycles. The van der Waals surface area contributed by atoms with Gasteiger partial charge in [0.05, 0.1) is 0 Å². The van der Waals surface area contributed by atoms with Crippen molar-refractivity contribution in [3.8, 4) is 0 Å². The summed E-state index contributed by atoms with van der Waals surface area (Å²) in [5.74, 6) is 0.884. The van der Waals surface area contributed by atoms with E-state index < -0.39 is 0 Å². The summed E-state index contributed by atoms with van der Waals surface area (Å²) < 4.78 is 5.09. The fourth-order valence-corrected chi connectivity index (χ4v) is 3.81. The minimum absolute atomic E-state index is 0.770. The Balaban J connectivity index is 1.64. The molecular weight excluding hydrogens is 236 g/mol. The number of unbranched alkanes of at least 4 members (excludes halogenated alkanes) is 2. The van der Waals surface area contributed by atoms with Gasteiger partial charge >= 0.3 is 0 Å². The molecule has 2 fully saturated rings. The van der Waals surface area contributed by atoms with E-state index in [4.69, 9.17) is 4.74 Å². The van der Waals surface area contributed by atoms with Crippen LogP contribution in [0.4, 0.5) is 0 Å². The van der Waals surface area contributed by atoms with Crippen LogP contribution in [0, 0.1) is 5.92 Å². The molecule has 0 amide bonds. The summed E-state index contributed by atoms with van der Waals surface area (Å²) in [6.07, 6.45) is 12.3. The molecule has 1 heterocycles. The molecule has 112 valence electrons. The Morgan fingerprint density at radius 1 is 1.05 bits per heavy atom. The second-order valence-corrected chi connectivity index (χ2v) is 6.27. The molecule has 0 aromatic heterocycles. The van der Waals surface area contributed by atoms with Gasteiger partial charge in [-0.25, -0.2) is 0 Å². The molecule has 3 nitrogen and oxygen atoms in total. The SMILES string of the molecule is COCCCCCNC1CCCCC1C1CCCN1. The topological polar surface area (TPSA) is 33.3 Å². The summed E-state index contributed by atoms with van der Waals surface area (Å²) in [4.78, 5) is 0. The Labute approximate surface area is 118 Å². The summed E-state index contributed by atoms with van der Waals surface area (Å²) in [7, 11) is 1.79. The van der Waals surface area contributed by atoms with E-state index in [2.05, 4.69) is 10.6 Å². The van der Waals surface area contributed by atoms with Gasteiger partial charge in [0, 0.05) is 25.8 Å². The molecule has 3 unspecified atom stereocenters. The third-order valence-electron chi connectivity index (χ3n) is 4.87. The van der Waals surface area contributed by atoms with Crippen LogP contribution in [0.3, 0.4) is 0 Å². The molecule has 1 aliphatic carbocycles. The summed E-state index contributed by atoms with van der Waals surface area (Å²) in [6.45, 7) is 3.35. The zero-order valence-corrected chi connectivity index (χ0v) is 12.6. The fourth-order valence-electron chi connectivity index (χ4n) is 3.81. The lowest BCUT2D eigenvalue weighted by Gasteiger charge is -2.36. The van der Waals surface area contributed by atoms with Crippen molar-refractivity contribution in [3.05, 3.63) is 0 Å². The van der Waals surface area contributed by atoms with Crippen molar-refractivity contribution in [2.75, 3.05) is 26.8 Å². The number of nitrogens with one attached hydrogen (secondary N) is 2. The smallest absolute Gasteiger partial charge is 0.0462 e. The predicted octanol–water partition coefficient (Wildman–Crippen LogP) is 2.70. The van der Waals surface area contributed by atoms with Crippen molar-refractivity contribution in [3.63, 3.8) is 0 Å². The quantitative estimate of drug-likeness (QED) is 0.664. The Morgan fingerprint density at radius 2 is 1.95 bits per heavy atom. The summed E-state index contributed by atoms with van der Waals surface area (Å²) in [6, 6.07) is 1.57. The van der Waals surface area contributed by atoms with Crippen molar-refractivity contribution >= 4 is 0 Å². The number of ether oxygens (including phenoxy) is 1. The van der Waals surface area contributed by atoms with Crippen LogP contribution < -0.4 is 10.6 Å². The monoisotopic (exact) mass is 268 g/mol. The molecule has 1 aliphatic heterocycles. The number of methoxy groups -OCH3 is 1. The third kappa shape index (κ3) is 5.05. The molecule has 0 bridgehead atoms. The molecule has 1 saturated carbocycles. The molecule has 2 N–H and O–H groups in total. The highest BCUT2D eigenvalue weighted by atomic mass is 16.5. The molecule has 0 spiro atoms. The molecule has 3 atom stereocenters. The summed E-state index contributed by atoms with van der Waals surface area (Å²) >= 11 is 0. The van der Waals surface area contributed by atoms with Crippen LogP contribution in [-0.2, 0) is 4.74 Å². The number of hydrogen-bond acceptors (Lipinski definition) is 3. The molecule has 0 radical (unpaired) electrons. The van der Waals surface area contributed by atoms with Crippen LogP contribution in [0.5, 0.6) is 0 Å². The fraction of sp³-hybridized carbons (Fsp3) is 1.00. The molecule has 1 saturated heterocycles. The maximum absolute atomic E-state index is 5.09. The third-order valence-corrected chi connectivity index (χ3v) is 4.87. The first-order chi connectivity index (χ1) is 9.42. The van der Waals surface area contributed by atoms with Crippen LogP contribution in [0.2, 0.25) is 0 Å². The zero-order chi connectivity index (χ0) is 13.3. The van der Waals surface area contributed by atoms with Crippen LogP contribution in [0.15, 0.2) is 0 Å². The lowest BCUT2D eigenvalue weighted by molar-refractivity contribution is 0.190. The van der Waals surface area contributed by atoms with E-state index >= 15 is 0 Å². The van der Waals surface area contributed by atoms with Gasteiger partial charge in [0.2, 0.25) is 0 Å². The van der Waals surface area contributed by atoms with Crippen LogP contribution in [0.25, 0.3) is 0 Å². The first-order valence-corrected chi connectivity index (χ1v) is 8.37. The Kier molecular flexibility index (Phi) is 7.18. The van der Waals surface area contributed by atoms with Gasteiger partial charge < -0.3 is 15.4 Å².